The summed E-state index contributed by atoms with van der Waals surface area (Å²) >= 11 is 0. The van der Waals surface area contributed by atoms with E-state index in [9.17, 15) is 0 Å². The molecule has 25 heavy (non-hydrogen) atoms. The number of nitriles is 1. The summed E-state index contributed by atoms with van der Waals surface area (Å²) in [6, 6.07) is 17.1. The first-order chi connectivity index (χ1) is 12.3. The van der Waals surface area contributed by atoms with Crippen molar-refractivity contribution in [2.75, 3.05) is 19.6 Å². The van der Waals surface area contributed by atoms with Gasteiger partial charge in [-0.3, -0.25) is 14.8 Å². The molecule has 4 nitrogen and oxygen atoms in total. The first-order valence-corrected chi connectivity index (χ1v) is 9.15. The Hall–Kier alpha value is -2.22. The van der Waals surface area contributed by atoms with Crippen LogP contribution < -0.4 is 0 Å². The van der Waals surface area contributed by atoms with Crippen LogP contribution in [0.4, 0.5) is 0 Å². The van der Waals surface area contributed by atoms with E-state index in [2.05, 4.69) is 39.1 Å². The van der Waals surface area contributed by atoms with Crippen LogP contribution in [0.25, 0.3) is 0 Å². The average molecular weight is 332 g/mol. The molecule has 3 aliphatic rings. The van der Waals surface area contributed by atoms with Crippen LogP contribution in [0.15, 0.2) is 48.7 Å². The van der Waals surface area contributed by atoms with Crippen molar-refractivity contribution in [1.29, 1.82) is 5.26 Å². The number of rotatable bonds is 4. The third kappa shape index (κ3) is 3.89. The first-order valence-electron chi connectivity index (χ1n) is 9.15. The van der Waals surface area contributed by atoms with Crippen molar-refractivity contribution >= 4 is 0 Å². The summed E-state index contributed by atoms with van der Waals surface area (Å²) in [5, 5.41) is 9.12. The van der Waals surface area contributed by atoms with E-state index >= 15 is 0 Å². The third-order valence-corrected chi connectivity index (χ3v) is 5.46. The molecule has 0 aliphatic carbocycles. The van der Waals surface area contributed by atoms with E-state index in [0.29, 0.717) is 6.04 Å². The molecule has 0 unspecified atom stereocenters. The minimum absolute atomic E-state index is 0.605. The highest BCUT2D eigenvalue weighted by Gasteiger charge is 2.34. The summed E-state index contributed by atoms with van der Waals surface area (Å²) in [4.78, 5) is 9.70. The predicted octanol–water partition coefficient (Wildman–Crippen LogP) is 3.05. The lowest BCUT2D eigenvalue weighted by Gasteiger charge is -2.36. The number of hydrogen-bond donors (Lipinski definition) is 0. The van der Waals surface area contributed by atoms with Crippen molar-refractivity contribution in [2.45, 2.75) is 32.0 Å². The van der Waals surface area contributed by atoms with Gasteiger partial charge < -0.3 is 0 Å². The molecule has 4 heteroatoms. The minimum atomic E-state index is 0.605. The average Bonchev–Trinajstić information content (AvgIpc) is 2.93. The first kappa shape index (κ1) is 16.3. The molecule has 3 saturated heterocycles. The fraction of sp³-hybridized carbons (Fsp3) is 0.429. The molecule has 0 saturated carbocycles. The van der Waals surface area contributed by atoms with Crippen LogP contribution in [-0.4, -0.2) is 40.5 Å². The second kappa shape index (κ2) is 7.35. The van der Waals surface area contributed by atoms with E-state index < -0.39 is 0 Å². The second-order valence-electron chi connectivity index (χ2n) is 7.35. The molecular formula is C21H24N4. The van der Waals surface area contributed by atoms with E-state index in [1.807, 2.05) is 30.5 Å². The largest absolute Gasteiger partial charge is 0.296 e. The lowest BCUT2D eigenvalue weighted by molar-refractivity contribution is 0.123. The Morgan fingerprint density at radius 2 is 2.00 bits per heavy atom. The summed E-state index contributed by atoms with van der Waals surface area (Å²) in [6.07, 6.45) is 4.50. The van der Waals surface area contributed by atoms with Gasteiger partial charge in [-0.05, 0) is 48.6 Å². The molecule has 3 fully saturated rings. The Labute approximate surface area is 149 Å². The van der Waals surface area contributed by atoms with E-state index in [0.717, 1.165) is 36.8 Å². The number of hydrogen-bond acceptors (Lipinski definition) is 4. The van der Waals surface area contributed by atoms with Crippen LogP contribution in [0.3, 0.4) is 0 Å². The van der Waals surface area contributed by atoms with E-state index in [1.54, 1.807) is 0 Å². The van der Waals surface area contributed by atoms with Gasteiger partial charge in [0.25, 0.3) is 0 Å². The maximum absolute atomic E-state index is 9.12. The normalized spacial score (nSPS) is 24.0. The summed E-state index contributed by atoms with van der Waals surface area (Å²) in [5.41, 5.74) is 3.18. The molecule has 1 aromatic heterocycles. The molecule has 5 rings (SSSR count). The number of benzene rings is 1. The van der Waals surface area contributed by atoms with Gasteiger partial charge in [0.05, 0.1) is 17.3 Å². The fourth-order valence-electron chi connectivity index (χ4n) is 4.29. The maximum atomic E-state index is 9.12. The topological polar surface area (TPSA) is 43.2 Å². The molecular weight excluding hydrogens is 308 g/mol. The standard InChI is InChI=1S/C21H24N4/c22-11-17-4-3-5-18(10-17)13-25-14-19-7-8-21(25)16-24(12-19)15-20-6-1-2-9-23-20/h1-6,9-10,19,21H,7-8,12-16H2/t19-,21+/m0/s1. The fourth-order valence-corrected chi connectivity index (χ4v) is 4.29. The highest BCUT2D eigenvalue weighted by Crippen LogP contribution is 2.29. The summed E-state index contributed by atoms with van der Waals surface area (Å²) in [7, 11) is 0. The van der Waals surface area contributed by atoms with Crippen LogP contribution in [0.5, 0.6) is 0 Å². The van der Waals surface area contributed by atoms with Crippen molar-refractivity contribution in [3.8, 4) is 6.07 Å². The van der Waals surface area contributed by atoms with Crippen molar-refractivity contribution in [1.82, 2.24) is 14.8 Å². The van der Waals surface area contributed by atoms with Gasteiger partial charge in [0, 0.05) is 45.0 Å². The van der Waals surface area contributed by atoms with Gasteiger partial charge in [-0.2, -0.15) is 5.26 Å². The SMILES string of the molecule is N#Cc1cccc(CN2C[C@H]3CC[C@@H]2CN(Cc2ccccn2)C3)c1. The van der Waals surface area contributed by atoms with Gasteiger partial charge >= 0.3 is 0 Å². The lowest BCUT2D eigenvalue weighted by atomic mass is 9.94. The Kier molecular flexibility index (Phi) is 4.78. The number of pyridine rings is 1. The summed E-state index contributed by atoms with van der Waals surface area (Å²) < 4.78 is 0. The van der Waals surface area contributed by atoms with E-state index in [1.165, 1.54) is 31.5 Å². The van der Waals surface area contributed by atoms with Crippen LogP contribution in [0, 0.1) is 17.2 Å². The van der Waals surface area contributed by atoms with Gasteiger partial charge in [-0.25, -0.2) is 0 Å². The quantitative estimate of drug-likeness (QED) is 0.863. The predicted molar refractivity (Wildman–Crippen MR) is 97.6 cm³/mol. The molecule has 0 spiro atoms. The number of aromatic nitrogens is 1. The highest BCUT2D eigenvalue weighted by atomic mass is 15.3. The molecule has 0 radical (unpaired) electrons. The molecule has 0 amide bonds. The number of nitrogens with zero attached hydrogens (tertiary/aromatic N) is 4. The van der Waals surface area contributed by atoms with Crippen molar-refractivity contribution in [3.63, 3.8) is 0 Å². The Morgan fingerprint density at radius 1 is 1.04 bits per heavy atom. The molecule has 2 aromatic rings. The van der Waals surface area contributed by atoms with Gasteiger partial charge in [0.1, 0.15) is 0 Å². The Morgan fingerprint density at radius 3 is 2.84 bits per heavy atom. The molecule has 0 N–H and O–H groups in total. The Balaban J connectivity index is 1.45. The van der Waals surface area contributed by atoms with Crippen LogP contribution in [0.1, 0.15) is 29.7 Å². The van der Waals surface area contributed by atoms with Crippen molar-refractivity contribution < 1.29 is 0 Å². The second-order valence-corrected chi connectivity index (χ2v) is 7.35. The zero-order valence-corrected chi connectivity index (χ0v) is 14.5. The van der Waals surface area contributed by atoms with Crippen LogP contribution in [-0.2, 0) is 13.1 Å². The number of piperidine rings is 1. The van der Waals surface area contributed by atoms with Gasteiger partial charge in [0.15, 0.2) is 0 Å². The summed E-state index contributed by atoms with van der Waals surface area (Å²) in [5.74, 6) is 0.738. The molecule has 3 aliphatic heterocycles. The Bertz CT molecular complexity index is 752. The van der Waals surface area contributed by atoms with E-state index in [4.69, 9.17) is 5.26 Å². The molecule has 1 aromatic carbocycles. The molecule has 2 bridgehead atoms. The lowest BCUT2D eigenvalue weighted by Crippen LogP contribution is -2.43. The monoisotopic (exact) mass is 332 g/mol. The van der Waals surface area contributed by atoms with Crippen molar-refractivity contribution in [3.05, 3.63) is 65.5 Å². The van der Waals surface area contributed by atoms with Gasteiger partial charge in [0.2, 0.25) is 0 Å². The molecule has 128 valence electrons. The maximum Gasteiger partial charge on any atom is 0.0991 e. The molecule has 4 heterocycles. The zero-order valence-electron chi connectivity index (χ0n) is 14.5. The van der Waals surface area contributed by atoms with Crippen molar-refractivity contribution in [2.24, 2.45) is 5.92 Å². The smallest absolute Gasteiger partial charge is 0.0991 e. The zero-order chi connectivity index (χ0) is 17.1. The van der Waals surface area contributed by atoms with Crippen LogP contribution >= 0.6 is 0 Å². The highest BCUT2D eigenvalue weighted by molar-refractivity contribution is 5.32. The van der Waals surface area contributed by atoms with Gasteiger partial charge in [-0.15, -0.1) is 0 Å². The third-order valence-electron chi connectivity index (χ3n) is 5.46. The number of fused-ring (bicyclic) bond motifs is 4. The van der Waals surface area contributed by atoms with Gasteiger partial charge in [-0.1, -0.05) is 18.2 Å². The van der Waals surface area contributed by atoms with Crippen LogP contribution in [0.2, 0.25) is 0 Å². The molecule has 2 atom stereocenters. The minimum Gasteiger partial charge on any atom is -0.296 e. The van der Waals surface area contributed by atoms with E-state index in [-0.39, 0.29) is 0 Å². The summed E-state index contributed by atoms with van der Waals surface area (Å²) in [6.45, 7) is 5.35.